The van der Waals surface area contributed by atoms with Crippen LogP contribution in [-0.4, -0.2) is 0 Å². The summed E-state index contributed by atoms with van der Waals surface area (Å²) in [5, 5.41) is 1.23. The molecule has 2 rings (SSSR count). The molecule has 0 saturated heterocycles. The minimum Gasteiger partial charge on any atom is -0.320 e. The van der Waals surface area contributed by atoms with Gasteiger partial charge in [0.15, 0.2) is 0 Å². The van der Waals surface area contributed by atoms with Crippen molar-refractivity contribution in [3.8, 4) is 0 Å². The lowest BCUT2D eigenvalue weighted by Crippen LogP contribution is -2.15. The highest BCUT2D eigenvalue weighted by Crippen LogP contribution is 2.32. The van der Waals surface area contributed by atoms with Crippen LogP contribution in [0.5, 0.6) is 0 Å². The van der Waals surface area contributed by atoms with E-state index in [-0.39, 0.29) is 6.04 Å². The molecule has 0 aliphatic heterocycles. The SMILES string of the molecule is Cc1cc(C)c(C(N)c2ccc(Cl)cc2Cl)c(C)c1. The molecule has 19 heavy (non-hydrogen) atoms. The zero-order valence-corrected chi connectivity index (χ0v) is 12.8. The number of nitrogens with two attached hydrogens (primary N) is 1. The van der Waals surface area contributed by atoms with E-state index in [1.165, 1.54) is 16.7 Å². The van der Waals surface area contributed by atoms with Crippen molar-refractivity contribution in [2.75, 3.05) is 0 Å². The number of hydrogen-bond acceptors (Lipinski definition) is 1. The van der Waals surface area contributed by atoms with E-state index in [2.05, 4.69) is 32.9 Å². The minimum absolute atomic E-state index is 0.231. The van der Waals surface area contributed by atoms with E-state index in [1.807, 2.05) is 12.1 Å². The molecule has 100 valence electrons. The molecule has 1 unspecified atom stereocenters. The molecule has 2 aromatic carbocycles. The highest BCUT2D eigenvalue weighted by molar-refractivity contribution is 6.35. The van der Waals surface area contributed by atoms with Crippen LogP contribution in [0.1, 0.15) is 33.9 Å². The number of hydrogen-bond donors (Lipinski definition) is 1. The monoisotopic (exact) mass is 293 g/mol. The van der Waals surface area contributed by atoms with E-state index >= 15 is 0 Å². The zero-order chi connectivity index (χ0) is 14.2. The minimum atomic E-state index is -0.231. The second-order valence-corrected chi connectivity index (χ2v) is 5.80. The molecule has 1 atom stereocenters. The fourth-order valence-corrected chi connectivity index (χ4v) is 3.12. The fraction of sp³-hybridized carbons (Fsp3) is 0.250. The molecule has 0 fully saturated rings. The molecular weight excluding hydrogens is 277 g/mol. The molecule has 0 aromatic heterocycles. The summed E-state index contributed by atoms with van der Waals surface area (Å²) in [4.78, 5) is 0. The average Bonchev–Trinajstić information content (AvgIpc) is 2.26. The zero-order valence-electron chi connectivity index (χ0n) is 11.3. The predicted octanol–water partition coefficient (Wildman–Crippen LogP) is 4.97. The lowest BCUT2D eigenvalue weighted by molar-refractivity contribution is 0.850. The molecule has 3 heteroatoms. The maximum Gasteiger partial charge on any atom is 0.0571 e. The Morgan fingerprint density at radius 2 is 1.53 bits per heavy atom. The molecule has 2 aromatic rings. The van der Waals surface area contributed by atoms with Gasteiger partial charge in [0, 0.05) is 10.0 Å². The van der Waals surface area contributed by atoms with E-state index in [0.29, 0.717) is 10.0 Å². The second-order valence-electron chi connectivity index (χ2n) is 4.96. The largest absolute Gasteiger partial charge is 0.320 e. The van der Waals surface area contributed by atoms with Gasteiger partial charge in [-0.3, -0.25) is 0 Å². The van der Waals surface area contributed by atoms with Gasteiger partial charge in [0.1, 0.15) is 0 Å². The summed E-state index contributed by atoms with van der Waals surface area (Å²) in [6.45, 7) is 6.25. The van der Waals surface area contributed by atoms with Gasteiger partial charge in [-0.25, -0.2) is 0 Å². The predicted molar refractivity (Wildman–Crippen MR) is 83.1 cm³/mol. The van der Waals surface area contributed by atoms with Crippen molar-refractivity contribution < 1.29 is 0 Å². The Hall–Kier alpha value is -1.02. The van der Waals surface area contributed by atoms with Crippen molar-refractivity contribution in [1.29, 1.82) is 0 Å². The van der Waals surface area contributed by atoms with Crippen molar-refractivity contribution in [3.05, 3.63) is 68.2 Å². The molecule has 0 radical (unpaired) electrons. The lowest BCUT2D eigenvalue weighted by Gasteiger charge is -2.20. The molecule has 0 aliphatic carbocycles. The third-order valence-electron chi connectivity index (χ3n) is 3.35. The molecule has 0 saturated carbocycles. The molecule has 2 N–H and O–H groups in total. The lowest BCUT2D eigenvalue weighted by atomic mass is 9.90. The molecule has 0 heterocycles. The van der Waals surface area contributed by atoms with Crippen LogP contribution in [0.3, 0.4) is 0 Å². The van der Waals surface area contributed by atoms with Crippen LogP contribution < -0.4 is 5.73 Å². The van der Waals surface area contributed by atoms with Crippen LogP contribution in [-0.2, 0) is 0 Å². The first-order valence-corrected chi connectivity index (χ1v) is 6.94. The van der Waals surface area contributed by atoms with Crippen LogP contribution in [0.2, 0.25) is 10.0 Å². The van der Waals surface area contributed by atoms with Crippen molar-refractivity contribution in [1.82, 2.24) is 0 Å². The van der Waals surface area contributed by atoms with E-state index < -0.39 is 0 Å². The third kappa shape index (κ3) is 2.94. The third-order valence-corrected chi connectivity index (χ3v) is 3.91. The second kappa shape index (κ2) is 5.54. The summed E-state index contributed by atoms with van der Waals surface area (Å²) in [6.07, 6.45) is 0. The maximum absolute atomic E-state index is 6.39. The Labute approximate surface area is 124 Å². The summed E-state index contributed by atoms with van der Waals surface area (Å²) < 4.78 is 0. The summed E-state index contributed by atoms with van der Waals surface area (Å²) in [6, 6.07) is 9.51. The van der Waals surface area contributed by atoms with Crippen LogP contribution in [0.15, 0.2) is 30.3 Å². The van der Waals surface area contributed by atoms with Gasteiger partial charge in [0.05, 0.1) is 6.04 Å². The fourth-order valence-electron chi connectivity index (χ4n) is 2.59. The Bertz CT molecular complexity index is 597. The quantitative estimate of drug-likeness (QED) is 0.831. The van der Waals surface area contributed by atoms with Gasteiger partial charge in [-0.1, -0.05) is 47.0 Å². The van der Waals surface area contributed by atoms with Gasteiger partial charge in [-0.15, -0.1) is 0 Å². The van der Waals surface area contributed by atoms with Gasteiger partial charge in [0.2, 0.25) is 0 Å². The average molecular weight is 294 g/mol. The van der Waals surface area contributed by atoms with Gasteiger partial charge < -0.3 is 5.73 Å². The van der Waals surface area contributed by atoms with E-state index in [9.17, 15) is 0 Å². The van der Waals surface area contributed by atoms with E-state index in [4.69, 9.17) is 28.9 Å². The van der Waals surface area contributed by atoms with Crippen LogP contribution in [0, 0.1) is 20.8 Å². The van der Waals surface area contributed by atoms with E-state index in [0.717, 1.165) is 11.1 Å². The van der Waals surface area contributed by atoms with Gasteiger partial charge in [-0.2, -0.15) is 0 Å². The Kier molecular flexibility index (Phi) is 4.19. The standard InChI is InChI=1S/C16H17Cl2N/c1-9-6-10(2)15(11(3)7-9)16(19)13-5-4-12(17)8-14(13)18/h4-8,16H,19H2,1-3H3. The normalized spacial score (nSPS) is 12.5. The number of halogens is 2. The van der Waals surface area contributed by atoms with Crippen molar-refractivity contribution in [3.63, 3.8) is 0 Å². The first kappa shape index (κ1) is 14.4. The molecule has 0 spiro atoms. The summed E-state index contributed by atoms with van der Waals surface area (Å²) in [5.74, 6) is 0. The first-order valence-electron chi connectivity index (χ1n) is 6.18. The van der Waals surface area contributed by atoms with Gasteiger partial charge in [-0.05, 0) is 55.2 Å². The number of aryl methyl sites for hydroxylation is 3. The molecule has 0 aliphatic rings. The molecular formula is C16H17Cl2N. The summed E-state index contributed by atoms with van der Waals surface area (Å²) >= 11 is 12.2. The Morgan fingerprint density at radius 1 is 0.947 bits per heavy atom. The first-order chi connectivity index (χ1) is 8.90. The van der Waals surface area contributed by atoms with Crippen LogP contribution in [0.25, 0.3) is 0 Å². The Morgan fingerprint density at radius 3 is 2.05 bits per heavy atom. The van der Waals surface area contributed by atoms with Gasteiger partial charge in [0.25, 0.3) is 0 Å². The highest BCUT2D eigenvalue weighted by Gasteiger charge is 2.17. The smallest absolute Gasteiger partial charge is 0.0571 e. The molecule has 1 nitrogen and oxygen atoms in total. The highest BCUT2D eigenvalue weighted by atomic mass is 35.5. The van der Waals surface area contributed by atoms with Crippen LogP contribution in [0.4, 0.5) is 0 Å². The molecule has 0 bridgehead atoms. The molecule has 0 amide bonds. The number of benzene rings is 2. The van der Waals surface area contributed by atoms with E-state index in [1.54, 1.807) is 6.07 Å². The Balaban J connectivity index is 2.53. The van der Waals surface area contributed by atoms with Crippen LogP contribution >= 0.6 is 23.2 Å². The van der Waals surface area contributed by atoms with Gasteiger partial charge >= 0.3 is 0 Å². The number of rotatable bonds is 2. The summed E-state index contributed by atoms with van der Waals surface area (Å²) in [5.41, 5.74) is 12.1. The summed E-state index contributed by atoms with van der Waals surface area (Å²) in [7, 11) is 0. The van der Waals surface area contributed by atoms with Crippen molar-refractivity contribution in [2.24, 2.45) is 5.73 Å². The maximum atomic E-state index is 6.39. The van der Waals surface area contributed by atoms with Crippen molar-refractivity contribution in [2.45, 2.75) is 26.8 Å². The topological polar surface area (TPSA) is 26.0 Å². The van der Waals surface area contributed by atoms with Crippen molar-refractivity contribution >= 4 is 23.2 Å².